The number of ether oxygens (including phenoxy) is 1. The van der Waals surface area contributed by atoms with Crippen LogP contribution in [0.15, 0.2) is 16.9 Å². The Morgan fingerprint density at radius 1 is 1.47 bits per heavy atom. The van der Waals surface area contributed by atoms with Crippen LogP contribution in [0.2, 0.25) is 0 Å². The zero-order valence-electron chi connectivity index (χ0n) is 10.8. The highest BCUT2D eigenvalue weighted by molar-refractivity contribution is 5.90. The van der Waals surface area contributed by atoms with Crippen LogP contribution in [0.5, 0.6) is 0 Å². The SMILES string of the molecule is CCN1CCn2c1cc(C(=O)OCCC#N)cc2=O. The fraction of sp³-hybridized carbons (Fsp3) is 0.462. The van der Waals surface area contributed by atoms with Crippen LogP contribution in [0.3, 0.4) is 0 Å². The topological polar surface area (TPSA) is 75.3 Å². The highest BCUT2D eigenvalue weighted by Gasteiger charge is 2.21. The smallest absolute Gasteiger partial charge is 0.338 e. The average Bonchev–Trinajstić information content (AvgIpc) is 2.82. The number of fused-ring (bicyclic) bond motifs is 1. The Kier molecular flexibility index (Phi) is 3.85. The van der Waals surface area contributed by atoms with Gasteiger partial charge < -0.3 is 9.64 Å². The van der Waals surface area contributed by atoms with Gasteiger partial charge in [-0.3, -0.25) is 9.36 Å². The first-order valence-corrected chi connectivity index (χ1v) is 6.21. The number of nitrogens with zero attached hydrogens (tertiary/aromatic N) is 3. The van der Waals surface area contributed by atoms with Gasteiger partial charge in [0, 0.05) is 25.7 Å². The number of carbonyl (C=O) groups is 1. The highest BCUT2D eigenvalue weighted by Crippen LogP contribution is 2.20. The van der Waals surface area contributed by atoms with Crippen molar-refractivity contribution in [1.82, 2.24) is 4.57 Å². The first-order valence-electron chi connectivity index (χ1n) is 6.21. The first-order chi connectivity index (χ1) is 9.17. The van der Waals surface area contributed by atoms with Gasteiger partial charge >= 0.3 is 5.97 Å². The zero-order chi connectivity index (χ0) is 13.8. The fourth-order valence-corrected chi connectivity index (χ4v) is 2.12. The van der Waals surface area contributed by atoms with Crippen molar-refractivity contribution < 1.29 is 9.53 Å². The molecule has 0 spiro atoms. The van der Waals surface area contributed by atoms with E-state index in [4.69, 9.17) is 10.00 Å². The quantitative estimate of drug-likeness (QED) is 0.591. The minimum atomic E-state index is -0.557. The number of rotatable bonds is 4. The fourth-order valence-electron chi connectivity index (χ4n) is 2.12. The largest absolute Gasteiger partial charge is 0.461 e. The number of carbonyl (C=O) groups excluding carboxylic acids is 1. The third kappa shape index (κ3) is 2.60. The third-order valence-electron chi connectivity index (χ3n) is 3.09. The van der Waals surface area contributed by atoms with Gasteiger partial charge in [-0.25, -0.2) is 4.79 Å². The van der Waals surface area contributed by atoms with Crippen LogP contribution < -0.4 is 10.5 Å². The normalized spacial score (nSPS) is 12.9. The van der Waals surface area contributed by atoms with Crippen molar-refractivity contribution >= 4 is 11.8 Å². The molecule has 0 bridgehead atoms. The van der Waals surface area contributed by atoms with Crippen LogP contribution in [0, 0.1) is 11.3 Å². The van der Waals surface area contributed by atoms with E-state index < -0.39 is 5.97 Å². The molecule has 19 heavy (non-hydrogen) atoms. The molecule has 0 atom stereocenters. The summed E-state index contributed by atoms with van der Waals surface area (Å²) in [4.78, 5) is 25.7. The summed E-state index contributed by atoms with van der Waals surface area (Å²) in [7, 11) is 0. The third-order valence-corrected chi connectivity index (χ3v) is 3.09. The number of hydrogen-bond donors (Lipinski definition) is 0. The van der Waals surface area contributed by atoms with E-state index in [-0.39, 0.29) is 24.2 Å². The van der Waals surface area contributed by atoms with Gasteiger partial charge in [0.05, 0.1) is 18.1 Å². The summed E-state index contributed by atoms with van der Waals surface area (Å²) in [5.41, 5.74) is 0.0511. The lowest BCUT2D eigenvalue weighted by Crippen LogP contribution is -2.22. The minimum absolute atomic E-state index is 0.0469. The van der Waals surface area contributed by atoms with Gasteiger partial charge in [0.25, 0.3) is 5.56 Å². The van der Waals surface area contributed by atoms with Crippen molar-refractivity contribution in [3.05, 3.63) is 28.0 Å². The Morgan fingerprint density at radius 2 is 2.26 bits per heavy atom. The highest BCUT2D eigenvalue weighted by atomic mass is 16.5. The molecule has 0 unspecified atom stereocenters. The number of hydrogen-bond acceptors (Lipinski definition) is 5. The lowest BCUT2D eigenvalue weighted by molar-refractivity contribution is 0.0513. The number of anilines is 1. The molecule has 0 radical (unpaired) electrons. The van der Waals surface area contributed by atoms with Crippen molar-refractivity contribution in [3.8, 4) is 6.07 Å². The minimum Gasteiger partial charge on any atom is -0.461 e. The van der Waals surface area contributed by atoms with Crippen molar-refractivity contribution in [2.75, 3.05) is 24.6 Å². The van der Waals surface area contributed by atoms with E-state index in [0.717, 1.165) is 18.9 Å². The monoisotopic (exact) mass is 261 g/mol. The van der Waals surface area contributed by atoms with Crippen molar-refractivity contribution in [2.24, 2.45) is 0 Å². The lowest BCUT2D eigenvalue weighted by atomic mass is 10.2. The predicted octanol–water partition coefficient (Wildman–Crippen LogP) is 0.759. The Hall–Kier alpha value is -2.29. The molecule has 1 aromatic rings. The molecule has 1 aromatic heterocycles. The lowest BCUT2D eigenvalue weighted by Gasteiger charge is -2.15. The van der Waals surface area contributed by atoms with Gasteiger partial charge in [-0.1, -0.05) is 0 Å². The molecule has 0 aromatic carbocycles. The number of likely N-dealkylation sites (N-methyl/N-ethyl adjacent to an activating group) is 1. The first kappa shape index (κ1) is 13.1. The predicted molar refractivity (Wildman–Crippen MR) is 69.1 cm³/mol. The molecule has 2 rings (SSSR count). The molecule has 0 amide bonds. The molecule has 0 N–H and O–H groups in total. The van der Waals surface area contributed by atoms with Gasteiger partial charge in [0.15, 0.2) is 0 Å². The number of nitriles is 1. The second kappa shape index (κ2) is 5.57. The molecule has 0 aliphatic carbocycles. The van der Waals surface area contributed by atoms with E-state index >= 15 is 0 Å². The molecule has 2 heterocycles. The Labute approximate surface area is 110 Å². The average molecular weight is 261 g/mol. The van der Waals surface area contributed by atoms with Crippen LogP contribution >= 0.6 is 0 Å². The summed E-state index contributed by atoms with van der Waals surface area (Å²) in [5.74, 6) is 0.195. The maximum absolute atomic E-state index is 11.9. The van der Waals surface area contributed by atoms with Crippen LogP contribution in [-0.4, -0.2) is 30.2 Å². The number of esters is 1. The molecule has 1 aliphatic heterocycles. The van der Waals surface area contributed by atoms with Crippen LogP contribution in [0.1, 0.15) is 23.7 Å². The van der Waals surface area contributed by atoms with Crippen molar-refractivity contribution in [3.63, 3.8) is 0 Å². The summed E-state index contributed by atoms with van der Waals surface area (Å²) < 4.78 is 6.57. The maximum Gasteiger partial charge on any atom is 0.338 e. The summed E-state index contributed by atoms with van der Waals surface area (Å²) in [6, 6.07) is 4.85. The summed E-state index contributed by atoms with van der Waals surface area (Å²) in [6.07, 6.45) is 0.150. The molecular weight excluding hydrogens is 246 g/mol. The van der Waals surface area contributed by atoms with E-state index in [2.05, 4.69) is 0 Å². The molecule has 0 saturated heterocycles. The van der Waals surface area contributed by atoms with Gasteiger partial charge in [-0.05, 0) is 13.0 Å². The Morgan fingerprint density at radius 3 is 2.95 bits per heavy atom. The second-order valence-electron chi connectivity index (χ2n) is 4.22. The molecular formula is C13H15N3O3. The molecule has 6 heteroatoms. The number of aromatic nitrogens is 1. The summed E-state index contributed by atoms with van der Waals surface area (Å²) in [5, 5.41) is 8.39. The van der Waals surface area contributed by atoms with Gasteiger partial charge in [-0.2, -0.15) is 5.26 Å². The van der Waals surface area contributed by atoms with E-state index in [0.29, 0.717) is 6.54 Å². The molecule has 0 fully saturated rings. The summed E-state index contributed by atoms with van der Waals surface area (Å²) >= 11 is 0. The number of pyridine rings is 1. The zero-order valence-corrected chi connectivity index (χ0v) is 10.8. The van der Waals surface area contributed by atoms with Gasteiger partial charge in [-0.15, -0.1) is 0 Å². The maximum atomic E-state index is 11.9. The molecule has 100 valence electrons. The summed E-state index contributed by atoms with van der Waals surface area (Å²) in [6.45, 7) is 4.25. The Bertz CT molecular complexity index is 586. The van der Waals surface area contributed by atoms with Crippen LogP contribution in [-0.2, 0) is 11.3 Å². The van der Waals surface area contributed by atoms with E-state index in [1.54, 1.807) is 10.6 Å². The van der Waals surface area contributed by atoms with E-state index in [9.17, 15) is 9.59 Å². The Balaban J connectivity index is 2.24. The van der Waals surface area contributed by atoms with Crippen molar-refractivity contribution in [2.45, 2.75) is 19.9 Å². The van der Waals surface area contributed by atoms with E-state index in [1.807, 2.05) is 17.9 Å². The molecule has 0 saturated carbocycles. The molecule has 1 aliphatic rings. The second-order valence-corrected chi connectivity index (χ2v) is 4.22. The van der Waals surface area contributed by atoms with Crippen molar-refractivity contribution in [1.29, 1.82) is 5.26 Å². The van der Waals surface area contributed by atoms with Gasteiger partial charge in [0.2, 0.25) is 0 Å². The van der Waals surface area contributed by atoms with Crippen LogP contribution in [0.4, 0.5) is 5.82 Å². The molecule has 6 nitrogen and oxygen atoms in total. The standard InChI is InChI=1S/C13H15N3O3/c1-2-15-5-6-16-11(15)8-10(9-12(16)17)13(18)19-7-3-4-14/h8-9H,2-3,5-7H2,1H3. The van der Waals surface area contributed by atoms with E-state index in [1.165, 1.54) is 6.07 Å². The van der Waals surface area contributed by atoms with Gasteiger partial charge in [0.1, 0.15) is 12.4 Å². The van der Waals surface area contributed by atoms with Crippen LogP contribution in [0.25, 0.3) is 0 Å².